The van der Waals surface area contributed by atoms with Crippen molar-refractivity contribution in [1.82, 2.24) is 0 Å². The Morgan fingerprint density at radius 3 is 0.855 bits per heavy atom. The number of carbonyl (C=O) groups is 3. The Labute approximate surface area is 428 Å². The second-order valence-electron chi connectivity index (χ2n) is 20.2. The second-order valence-corrected chi connectivity index (χ2v) is 20.2. The van der Waals surface area contributed by atoms with Crippen LogP contribution in [0.2, 0.25) is 0 Å². The van der Waals surface area contributed by atoms with E-state index in [1.807, 2.05) is 0 Å². The lowest BCUT2D eigenvalue weighted by molar-refractivity contribution is -0.167. The molecule has 0 radical (unpaired) electrons. The Hall–Kier alpha value is -2.63. The molecule has 0 aliphatic carbocycles. The van der Waals surface area contributed by atoms with Crippen LogP contribution in [-0.2, 0) is 28.6 Å². The van der Waals surface area contributed by atoms with Crippen molar-refractivity contribution in [2.75, 3.05) is 13.2 Å². The largest absolute Gasteiger partial charge is 0.462 e. The topological polar surface area (TPSA) is 78.9 Å². The second kappa shape index (κ2) is 57.9. The summed E-state index contributed by atoms with van der Waals surface area (Å²) in [6.45, 7) is 6.62. The zero-order valence-electron chi connectivity index (χ0n) is 46.1. The molecule has 6 nitrogen and oxygen atoms in total. The van der Waals surface area contributed by atoms with Crippen molar-refractivity contribution in [1.29, 1.82) is 0 Å². The molecule has 0 unspecified atom stereocenters. The summed E-state index contributed by atoms with van der Waals surface area (Å²) in [6.07, 6.45) is 71.0. The average molecular weight is 968 g/mol. The number of ether oxygens (including phenoxy) is 3. The van der Waals surface area contributed by atoms with Crippen LogP contribution in [0.4, 0.5) is 0 Å². The van der Waals surface area contributed by atoms with Crippen molar-refractivity contribution in [3.8, 4) is 0 Å². The summed E-state index contributed by atoms with van der Waals surface area (Å²) in [6, 6.07) is 0. The third-order valence-electron chi connectivity index (χ3n) is 13.3. The highest BCUT2D eigenvalue weighted by Crippen LogP contribution is 2.16. The van der Waals surface area contributed by atoms with Crippen LogP contribution < -0.4 is 0 Å². The summed E-state index contributed by atoms with van der Waals surface area (Å²) < 4.78 is 16.9. The third kappa shape index (κ3) is 56.2. The van der Waals surface area contributed by atoms with E-state index in [4.69, 9.17) is 14.2 Å². The minimum atomic E-state index is -0.779. The first-order valence-electron chi connectivity index (χ1n) is 30.1. The molecule has 1 atom stereocenters. The molecule has 0 spiro atoms. The van der Waals surface area contributed by atoms with E-state index in [0.29, 0.717) is 19.3 Å². The molecule has 0 amide bonds. The summed E-state index contributed by atoms with van der Waals surface area (Å²) >= 11 is 0. The lowest BCUT2D eigenvalue weighted by atomic mass is 10.1. The maximum atomic E-state index is 12.9. The molecule has 0 saturated carbocycles. The van der Waals surface area contributed by atoms with Crippen LogP contribution in [0.3, 0.4) is 0 Å². The fraction of sp³-hybridized carbons (Fsp3) is 0.825. The van der Waals surface area contributed by atoms with E-state index in [1.54, 1.807) is 0 Å². The average Bonchev–Trinajstić information content (AvgIpc) is 3.35. The van der Waals surface area contributed by atoms with Gasteiger partial charge in [-0.15, -0.1) is 0 Å². The van der Waals surface area contributed by atoms with E-state index in [1.165, 1.54) is 205 Å². The van der Waals surface area contributed by atoms with E-state index in [0.717, 1.165) is 70.6 Å². The Kier molecular flexibility index (Phi) is 55.7. The molecule has 0 bridgehead atoms. The number of hydrogen-bond donors (Lipinski definition) is 0. The first-order valence-corrected chi connectivity index (χ1v) is 30.1. The lowest BCUT2D eigenvalue weighted by Gasteiger charge is -2.18. The van der Waals surface area contributed by atoms with Crippen LogP contribution in [0.25, 0.3) is 0 Å². The SMILES string of the molecule is CCCCC/C=C\C/C=C\CCCCCCCCCCCC(=O)OC[C@H](COC(=O)CCCCCCC/C=C\CCCCCC)OC(=O)CCCCCCCCCCC/C=C\CCCCCCCC. The summed E-state index contributed by atoms with van der Waals surface area (Å²) in [5.41, 5.74) is 0. The van der Waals surface area contributed by atoms with E-state index in [9.17, 15) is 14.4 Å². The minimum Gasteiger partial charge on any atom is -0.462 e. The normalized spacial score (nSPS) is 12.3. The van der Waals surface area contributed by atoms with Crippen LogP contribution >= 0.6 is 0 Å². The van der Waals surface area contributed by atoms with Crippen molar-refractivity contribution in [2.45, 2.75) is 322 Å². The van der Waals surface area contributed by atoms with Gasteiger partial charge in [0, 0.05) is 19.3 Å². The molecule has 0 aliphatic rings. The number of esters is 3. The van der Waals surface area contributed by atoms with Crippen molar-refractivity contribution in [2.24, 2.45) is 0 Å². The summed E-state index contributed by atoms with van der Waals surface area (Å²) in [7, 11) is 0. The van der Waals surface area contributed by atoms with Gasteiger partial charge in [-0.3, -0.25) is 14.4 Å². The zero-order valence-corrected chi connectivity index (χ0v) is 46.1. The van der Waals surface area contributed by atoms with Crippen LogP contribution in [0.5, 0.6) is 0 Å². The van der Waals surface area contributed by atoms with Gasteiger partial charge in [-0.05, 0) is 103 Å². The fourth-order valence-corrected chi connectivity index (χ4v) is 8.70. The molecule has 69 heavy (non-hydrogen) atoms. The van der Waals surface area contributed by atoms with Crippen molar-refractivity contribution < 1.29 is 28.6 Å². The predicted molar refractivity (Wildman–Crippen MR) is 298 cm³/mol. The van der Waals surface area contributed by atoms with Crippen molar-refractivity contribution in [3.63, 3.8) is 0 Å². The van der Waals surface area contributed by atoms with Gasteiger partial charge in [0.2, 0.25) is 0 Å². The Morgan fingerprint density at radius 1 is 0.290 bits per heavy atom. The molecule has 0 aliphatic heterocycles. The molecular weight excluding hydrogens is 853 g/mol. The fourth-order valence-electron chi connectivity index (χ4n) is 8.70. The molecule has 0 heterocycles. The first kappa shape index (κ1) is 66.4. The number of unbranched alkanes of at least 4 members (excludes halogenated alkanes) is 36. The van der Waals surface area contributed by atoms with Gasteiger partial charge in [0.25, 0.3) is 0 Å². The van der Waals surface area contributed by atoms with Gasteiger partial charge in [-0.1, -0.05) is 243 Å². The van der Waals surface area contributed by atoms with Crippen LogP contribution in [0.15, 0.2) is 48.6 Å². The monoisotopic (exact) mass is 967 g/mol. The highest BCUT2D eigenvalue weighted by molar-refractivity contribution is 5.71. The van der Waals surface area contributed by atoms with Gasteiger partial charge in [0.05, 0.1) is 0 Å². The van der Waals surface area contributed by atoms with E-state index in [2.05, 4.69) is 69.4 Å². The molecule has 0 aromatic carbocycles. The highest BCUT2D eigenvalue weighted by atomic mass is 16.6. The van der Waals surface area contributed by atoms with Crippen molar-refractivity contribution >= 4 is 17.9 Å². The molecule has 0 rings (SSSR count). The zero-order chi connectivity index (χ0) is 50.0. The molecule has 0 N–H and O–H groups in total. The van der Waals surface area contributed by atoms with Gasteiger partial charge in [0.1, 0.15) is 13.2 Å². The van der Waals surface area contributed by atoms with Crippen LogP contribution in [0, 0.1) is 0 Å². The maximum absolute atomic E-state index is 12.9. The number of rotatable bonds is 55. The maximum Gasteiger partial charge on any atom is 0.306 e. The first-order chi connectivity index (χ1) is 34.0. The summed E-state index contributed by atoms with van der Waals surface area (Å²) in [4.78, 5) is 38.2. The van der Waals surface area contributed by atoms with Gasteiger partial charge >= 0.3 is 17.9 Å². The summed E-state index contributed by atoms with van der Waals surface area (Å²) in [5.74, 6) is -0.876. The highest BCUT2D eigenvalue weighted by Gasteiger charge is 2.19. The van der Waals surface area contributed by atoms with Crippen LogP contribution in [0.1, 0.15) is 316 Å². The van der Waals surface area contributed by atoms with Gasteiger partial charge in [-0.25, -0.2) is 0 Å². The Bertz CT molecular complexity index is 1200. The molecule has 402 valence electrons. The molecule has 0 fully saturated rings. The standard InChI is InChI=1S/C63H114O6/c1-4-7-10-13-16-19-22-25-27-29-31-33-35-38-41-44-47-50-53-56-62(65)68-59-60(58-67-61(64)55-52-49-46-43-40-37-24-21-18-15-12-9-6-3)69-63(66)57-54-51-48-45-42-39-36-34-32-30-28-26-23-20-17-14-11-8-5-2/h16,19,21,24-28,60H,4-15,17-18,20,22-23,29-59H2,1-3H3/b19-16-,24-21-,27-25-,28-26-/t60-/m0/s1. The van der Waals surface area contributed by atoms with Crippen molar-refractivity contribution in [3.05, 3.63) is 48.6 Å². The number of allylic oxidation sites excluding steroid dienone is 8. The molecule has 0 aromatic rings. The third-order valence-corrected chi connectivity index (χ3v) is 13.3. The molecule has 0 saturated heterocycles. The van der Waals surface area contributed by atoms with Gasteiger partial charge in [-0.2, -0.15) is 0 Å². The Balaban J connectivity index is 4.34. The number of carbonyl (C=O) groups excluding carboxylic acids is 3. The molecule has 6 heteroatoms. The van der Waals surface area contributed by atoms with E-state index in [-0.39, 0.29) is 31.1 Å². The Morgan fingerprint density at radius 2 is 0.522 bits per heavy atom. The molecular formula is C63H114O6. The van der Waals surface area contributed by atoms with E-state index >= 15 is 0 Å². The smallest absolute Gasteiger partial charge is 0.306 e. The molecule has 0 aromatic heterocycles. The minimum absolute atomic E-state index is 0.0769. The number of hydrogen-bond acceptors (Lipinski definition) is 6. The lowest BCUT2D eigenvalue weighted by Crippen LogP contribution is -2.30. The predicted octanol–water partition coefficient (Wildman–Crippen LogP) is 20.2. The summed E-state index contributed by atoms with van der Waals surface area (Å²) in [5, 5.41) is 0. The van der Waals surface area contributed by atoms with E-state index < -0.39 is 6.10 Å². The van der Waals surface area contributed by atoms with Gasteiger partial charge < -0.3 is 14.2 Å². The van der Waals surface area contributed by atoms with Crippen LogP contribution in [-0.4, -0.2) is 37.2 Å². The quantitative estimate of drug-likeness (QED) is 0.0262. The van der Waals surface area contributed by atoms with Gasteiger partial charge in [0.15, 0.2) is 6.10 Å².